The fraction of sp³-hybridized carbons (Fsp3) is 0.143. The summed E-state index contributed by atoms with van der Waals surface area (Å²) in [5.74, 6) is -1.45. The Kier molecular flexibility index (Phi) is 4.36. The van der Waals surface area contributed by atoms with E-state index < -0.39 is 26.5 Å². The molecule has 2 aromatic rings. The molecule has 20 heavy (non-hydrogen) atoms. The molecule has 0 atom stereocenters. The maximum absolute atomic E-state index is 13.6. The summed E-state index contributed by atoms with van der Waals surface area (Å²) in [6.07, 6.45) is 0. The van der Waals surface area contributed by atoms with E-state index in [2.05, 4.69) is 0 Å². The molecule has 106 valence electrons. The molecule has 0 spiro atoms. The van der Waals surface area contributed by atoms with Crippen molar-refractivity contribution in [1.29, 1.82) is 0 Å². The summed E-state index contributed by atoms with van der Waals surface area (Å²) in [5, 5.41) is 0. The first-order chi connectivity index (χ1) is 9.49. The molecule has 0 bridgehead atoms. The van der Waals surface area contributed by atoms with Crippen molar-refractivity contribution in [3.05, 3.63) is 59.9 Å². The van der Waals surface area contributed by atoms with E-state index >= 15 is 0 Å². The van der Waals surface area contributed by atoms with Crippen molar-refractivity contribution < 1.29 is 17.5 Å². The molecule has 0 aliphatic carbocycles. The number of halogens is 1. The minimum absolute atomic E-state index is 0.149. The van der Waals surface area contributed by atoms with Gasteiger partial charge in [0, 0.05) is 5.69 Å². The summed E-state index contributed by atoms with van der Waals surface area (Å²) in [5.41, 5.74) is 6.40. The molecule has 2 N–H and O–H groups in total. The third-order valence-electron chi connectivity index (χ3n) is 2.64. The Hall–Kier alpha value is -1.92. The Balaban J connectivity index is 2.04. The summed E-state index contributed by atoms with van der Waals surface area (Å²) >= 11 is 0. The molecule has 0 aromatic heterocycles. The number of nitrogen functional groups attached to an aromatic ring is 1. The zero-order valence-corrected chi connectivity index (χ0v) is 11.4. The Morgan fingerprint density at radius 1 is 1.10 bits per heavy atom. The number of rotatable bonds is 5. The molecule has 6 heteroatoms. The monoisotopic (exact) mass is 295 g/mol. The molecule has 0 amide bonds. The van der Waals surface area contributed by atoms with Gasteiger partial charge in [0.1, 0.15) is 10.7 Å². The molecule has 4 nitrogen and oxygen atoms in total. The van der Waals surface area contributed by atoms with Crippen LogP contribution in [-0.4, -0.2) is 14.4 Å². The summed E-state index contributed by atoms with van der Waals surface area (Å²) in [7, 11) is -3.83. The van der Waals surface area contributed by atoms with E-state index in [1.165, 1.54) is 6.07 Å². The molecule has 0 aliphatic heterocycles. The summed E-state index contributed by atoms with van der Waals surface area (Å²) in [4.78, 5) is -0.403. The van der Waals surface area contributed by atoms with Gasteiger partial charge in [-0.25, -0.2) is 12.8 Å². The lowest BCUT2D eigenvalue weighted by molar-refractivity contribution is 0.163. The standard InChI is InChI=1S/C14H14FNO3S/c15-13-8-12(16)6-7-14(13)20(17,18)10-19-9-11-4-2-1-3-5-11/h1-8H,9-10,16H2. The van der Waals surface area contributed by atoms with Gasteiger partial charge in [-0.3, -0.25) is 0 Å². The summed E-state index contributed by atoms with van der Waals surface area (Å²) in [6.45, 7) is 0.149. The SMILES string of the molecule is Nc1ccc(S(=O)(=O)COCc2ccccc2)c(F)c1. The second-order valence-corrected chi connectivity index (χ2v) is 6.16. The fourth-order valence-electron chi connectivity index (χ4n) is 1.68. The number of ether oxygens (including phenoxy) is 1. The van der Waals surface area contributed by atoms with E-state index in [0.29, 0.717) is 0 Å². The lowest BCUT2D eigenvalue weighted by atomic mass is 10.2. The quantitative estimate of drug-likeness (QED) is 0.860. The van der Waals surface area contributed by atoms with Gasteiger partial charge in [0.2, 0.25) is 9.84 Å². The van der Waals surface area contributed by atoms with Crippen LogP contribution in [0.4, 0.5) is 10.1 Å². The molecular formula is C14H14FNO3S. The van der Waals surface area contributed by atoms with Crippen LogP contribution in [-0.2, 0) is 21.2 Å². The van der Waals surface area contributed by atoms with Crippen molar-refractivity contribution in [2.45, 2.75) is 11.5 Å². The highest BCUT2D eigenvalue weighted by Gasteiger charge is 2.19. The number of anilines is 1. The first-order valence-corrected chi connectivity index (χ1v) is 7.54. The van der Waals surface area contributed by atoms with Crippen molar-refractivity contribution >= 4 is 15.5 Å². The third-order valence-corrected chi connectivity index (χ3v) is 4.12. The molecular weight excluding hydrogens is 281 g/mol. The van der Waals surface area contributed by atoms with Gasteiger partial charge in [-0.2, -0.15) is 0 Å². The highest BCUT2D eigenvalue weighted by atomic mass is 32.2. The van der Waals surface area contributed by atoms with Gasteiger partial charge in [0.25, 0.3) is 0 Å². The number of benzene rings is 2. The van der Waals surface area contributed by atoms with E-state index in [9.17, 15) is 12.8 Å². The van der Waals surface area contributed by atoms with E-state index in [4.69, 9.17) is 10.5 Å². The third kappa shape index (κ3) is 3.55. The molecule has 0 saturated heterocycles. The molecule has 0 aliphatic rings. The van der Waals surface area contributed by atoms with Gasteiger partial charge in [0.05, 0.1) is 6.61 Å². The minimum Gasteiger partial charge on any atom is -0.399 e. The molecule has 0 saturated carbocycles. The van der Waals surface area contributed by atoms with Crippen molar-refractivity contribution in [1.82, 2.24) is 0 Å². The summed E-state index contributed by atoms with van der Waals surface area (Å²) < 4.78 is 42.6. The first-order valence-electron chi connectivity index (χ1n) is 5.88. The molecule has 2 aromatic carbocycles. The van der Waals surface area contributed by atoms with Crippen LogP contribution in [0.3, 0.4) is 0 Å². The van der Waals surface area contributed by atoms with Gasteiger partial charge in [-0.15, -0.1) is 0 Å². The predicted molar refractivity (Wildman–Crippen MR) is 74.1 cm³/mol. The van der Waals surface area contributed by atoms with Gasteiger partial charge in [-0.05, 0) is 23.8 Å². The maximum atomic E-state index is 13.6. The van der Waals surface area contributed by atoms with Gasteiger partial charge in [-0.1, -0.05) is 30.3 Å². The minimum atomic E-state index is -3.83. The molecule has 0 heterocycles. The normalized spacial score (nSPS) is 11.4. The van der Waals surface area contributed by atoms with Gasteiger partial charge in [0.15, 0.2) is 5.94 Å². The largest absolute Gasteiger partial charge is 0.399 e. The summed E-state index contributed by atoms with van der Waals surface area (Å²) in [6, 6.07) is 12.6. The van der Waals surface area contributed by atoms with Crippen molar-refractivity contribution in [3.8, 4) is 0 Å². The number of hydrogen-bond acceptors (Lipinski definition) is 4. The average molecular weight is 295 g/mol. The van der Waals surface area contributed by atoms with E-state index in [1.54, 1.807) is 0 Å². The smallest absolute Gasteiger partial charge is 0.205 e. The number of sulfone groups is 1. The van der Waals surface area contributed by atoms with Gasteiger partial charge >= 0.3 is 0 Å². The number of nitrogens with two attached hydrogens (primary N) is 1. The number of hydrogen-bond donors (Lipinski definition) is 1. The Morgan fingerprint density at radius 3 is 2.45 bits per heavy atom. The highest BCUT2D eigenvalue weighted by Crippen LogP contribution is 2.19. The fourth-order valence-corrected chi connectivity index (χ4v) is 2.74. The van der Waals surface area contributed by atoms with Crippen LogP contribution in [0, 0.1) is 5.82 Å². The van der Waals surface area contributed by atoms with Gasteiger partial charge < -0.3 is 10.5 Å². The first kappa shape index (κ1) is 14.5. The zero-order valence-electron chi connectivity index (χ0n) is 10.6. The van der Waals surface area contributed by atoms with Crippen LogP contribution in [0.1, 0.15) is 5.56 Å². The molecule has 0 radical (unpaired) electrons. The Bertz CT molecular complexity index is 687. The molecule has 2 rings (SSSR count). The van der Waals surface area contributed by atoms with Crippen LogP contribution in [0.15, 0.2) is 53.4 Å². The van der Waals surface area contributed by atoms with Crippen LogP contribution in [0.2, 0.25) is 0 Å². The molecule has 0 unspecified atom stereocenters. The topological polar surface area (TPSA) is 69.4 Å². The van der Waals surface area contributed by atoms with E-state index in [1.807, 2.05) is 30.3 Å². The lowest BCUT2D eigenvalue weighted by Gasteiger charge is -2.07. The highest BCUT2D eigenvalue weighted by molar-refractivity contribution is 7.91. The average Bonchev–Trinajstić information content (AvgIpc) is 2.39. The second-order valence-electron chi connectivity index (χ2n) is 4.26. The van der Waals surface area contributed by atoms with Crippen LogP contribution in [0.5, 0.6) is 0 Å². The van der Waals surface area contributed by atoms with Crippen LogP contribution in [0.25, 0.3) is 0 Å². The van der Waals surface area contributed by atoms with Crippen LogP contribution < -0.4 is 5.73 Å². The van der Waals surface area contributed by atoms with Crippen molar-refractivity contribution in [3.63, 3.8) is 0 Å². The maximum Gasteiger partial charge on any atom is 0.205 e. The second kappa shape index (κ2) is 6.02. The van der Waals surface area contributed by atoms with Crippen molar-refractivity contribution in [2.24, 2.45) is 0 Å². The zero-order chi connectivity index (χ0) is 14.6. The Labute approximate surface area is 116 Å². The van der Waals surface area contributed by atoms with Crippen LogP contribution >= 0.6 is 0 Å². The molecule has 0 fully saturated rings. The Morgan fingerprint density at radius 2 is 1.80 bits per heavy atom. The van der Waals surface area contributed by atoms with E-state index in [-0.39, 0.29) is 12.3 Å². The predicted octanol–water partition coefficient (Wildman–Crippen LogP) is 2.36. The van der Waals surface area contributed by atoms with E-state index in [0.717, 1.165) is 17.7 Å². The lowest BCUT2D eigenvalue weighted by Crippen LogP contribution is -2.12. The van der Waals surface area contributed by atoms with Crippen molar-refractivity contribution in [2.75, 3.05) is 11.7 Å².